The number of carboxylic acid groups (broad SMARTS) is 1. The normalized spacial score (nSPS) is 19.7. The molecule has 6 rings (SSSR count). The number of ether oxygens (including phenoxy) is 2. The second-order valence-electron chi connectivity index (χ2n) is 11.8. The van der Waals surface area contributed by atoms with Crippen LogP contribution < -0.4 is 11.1 Å². The molecular weight excluding hydrogens is 516 g/mol. The summed E-state index contributed by atoms with van der Waals surface area (Å²) in [5.41, 5.74) is 5.66. The highest BCUT2D eigenvalue weighted by Crippen LogP contribution is 2.40. The molecule has 0 radical (unpaired) electrons. The van der Waals surface area contributed by atoms with Crippen LogP contribution in [0.25, 0.3) is 11.1 Å². The maximum absolute atomic E-state index is 12.6. The van der Waals surface area contributed by atoms with E-state index in [-0.39, 0.29) is 12.6 Å². The first kappa shape index (κ1) is 25.7. The van der Waals surface area contributed by atoms with Gasteiger partial charge in [0.15, 0.2) is 5.58 Å². The van der Waals surface area contributed by atoms with Crippen molar-refractivity contribution >= 4 is 31.0 Å². The Kier molecular flexibility index (Phi) is 6.50. The van der Waals surface area contributed by atoms with Gasteiger partial charge >= 0.3 is 11.7 Å². The molecule has 1 aromatic carbocycles. The summed E-state index contributed by atoms with van der Waals surface area (Å²) in [5.74, 6) is -0.408. The van der Waals surface area contributed by atoms with E-state index in [1.54, 1.807) is 18.5 Å². The van der Waals surface area contributed by atoms with Gasteiger partial charge < -0.3 is 29.2 Å². The zero-order valence-electron chi connectivity index (χ0n) is 22.5. The van der Waals surface area contributed by atoms with E-state index in [2.05, 4.69) is 29.9 Å². The Morgan fingerprint density at radius 3 is 2.87 bits per heavy atom. The first-order valence-electron chi connectivity index (χ1n) is 13.5. The van der Waals surface area contributed by atoms with E-state index < -0.39 is 25.8 Å². The van der Waals surface area contributed by atoms with E-state index in [0.717, 1.165) is 60.1 Å². The van der Waals surface area contributed by atoms with Crippen molar-refractivity contribution in [1.29, 1.82) is 0 Å². The zero-order chi connectivity index (χ0) is 27.3. The summed E-state index contributed by atoms with van der Waals surface area (Å²) < 4.78 is 18.7. The minimum atomic E-state index is -1.24. The summed E-state index contributed by atoms with van der Waals surface area (Å²) in [6.45, 7) is 8.79. The molecule has 4 heterocycles. The van der Waals surface area contributed by atoms with Gasteiger partial charge in [-0.1, -0.05) is 19.6 Å². The van der Waals surface area contributed by atoms with Gasteiger partial charge in [0.25, 0.3) is 0 Å². The van der Waals surface area contributed by atoms with E-state index in [0.29, 0.717) is 30.0 Å². The quantitative estimate of drug-likeness (QED) is 0.339. The fourth-order valence-electron chi connectivity index (χ4n) is 5.28. The Balaban J connectivity index is 1.31. The number of fused-ring (bicyclic) bond motifs is 1. The first-order valence-corrected chi connectivity index (χ1v) is 17.2. The van der Waals surface area contributed by atoms with Crippen LogP contribution in [-0.2, 0) is 21.0 Å². The molecule has 1 saturated carbocycles. The van der Waals surface area contributed by atoms with Gasteiger partial charge in [-0.25, -0.2) is 19.1 Å². The summed E-state index contributed by atoms with van der Waals surface area (Å²) in [5, 5.41) is 13.0. The molecule has 4 aliphatic rings. The van der Waals surface area contributed by atoms with Crippen LogP contribution in [0.4, 0.5) is 0 Å². The lowest BCUT2D eigenvalue weighted by Gasteiger charge is -2.30. The molecule has 0 amide bonds. The predicted molar refractivity (Wildman–Crippen MR) is 149 cm³/mol. The van der Waals surface area contributed by atoms with Crippen molar-refractivity contribution in [2.75, 3.05) is 19.8 Å². The van der Waals surface area contributed by atoms with E-state index in [1.165, 1.54) is 4.57 Å². The van der Waals surface area contributed by atoms with Gasteiger partial charge in [-0.3, -0.25) is 0 Å². The van der Waals surface area contributed by atoms with E-state index >= 15 is 0 Å². The lowest BCUT2D eigenvalue weighted by molar-refractivity contribution is -0.139. The Hall–Kier alpha value is -3.57. The number of benzene rings is 1. The van der Waals surface area contributed by atoms with Gasteiger partial charge in [0, 0.05) is 38.6 Å². The lowest BCUT2D eigenvalue weighted by atomic mass is 10.0. The highest BCUT2D eigenvalue weighted by atomic mass is 28.3. The van der Waals surface area contributed by atoms with Crippen LogP contribution in [0.1, 0.15) is 24.8 Å². The summed E-state index contributed by atoms with van der Waals surface area (Å²) in [4.78, 5) is 31.5. The van der Waals surface area contributed by atoms with Crippen LogP contribution in [0, 0.1) is 5.92 Å². The molecule has 2 aromatic rings. The van der Waals surface area contributed by atoms with E-state index in [1.807, 2.05) is 12.1 Å². The summed E-state index contributed by atoms with van der Waals surface area (Å²) in [7, 11) is -1.24. The van der Waals surface area contributed by atoms with Crippen molar-refractivity contribution in [3.05, 3.63) is 69.3 Å². The maximum atomic E-state index is 12.6. The van der Waals surface area contributed by atoms with Crippen molar-refractivity contribution in [2.45, 2.75) is 57.7 Å². The Bertz CT molecular complexity index is 1500. The minimum absolute atomic E-state index is 0.127. The van der Waals surface area contributed by atoms with Gasteiger partial charge in [-0.2, -0.15) is 0 Å². The smallest absolute Gasteiger partial charge is 0.421 e. The molecule has 1 aliphatic carbocycles. The number of amidine groups is 1. The second kappa shape index (κ2) is 9.87. The molecule has 0 spiro atoms. The molecule has 3 aliphatic heterocycles. The SMILES string of the molecule is C[Si](C)(C)CCOCn1c(=O)oc2ccc(C3=NC=C4C(NC(C(=O)O)C5CC5)=COCC5=C4N3CC5)cc21. The van der Waals surface area contributed by atoms with Gasteiger partial charge in [0.1, 0.15) is 31.5 Å². The topological polar surface area (TPSA) is 119 Å². The van der Waals surface area contributed by atoms with Crippen molar-refractivity contribution < 1.29 is 23.8 Å². The fourth-order valence-corrected chi connectivity index (χ4v) is 6.03. The number of rotatable bonds is 10. The standard InChI is InChI=1S/C28H34N4O6Si/c1-39(2,3)11-10-36-16-32-22-12-18(6-7-23(22)38-28(32)35)26-29-13-20-21(30-24(27(33)34)17-4-5-17)15-37-14-19-8-9-31(26)25(19)20/h6-7,12-13,15,17,24,30H,4-5,8-11,14,16H2,1-3H3,(H,33,34). The second-order valence-corrected chi connectivity index (χ2v) is 17.4. The summed E-state index contributed by atoms with van der Waals surface area (Å²) in [6, 6.07) is 6.00. The molecule has 1 fully saturated rings. The predicted octanol–water partition coefficient (Wildman–Crippen LogP) is 3.84. The molecule has 1 atom stereocenters. The monoisotopic (exact) mass is 550 g/mol. The number of nitrogens with zero attached hydrogens (tertiary/aromatic N) is 3. The Labute approximate surface area is 227 Å². The Morgan fingerprint density at radius 1 is 1.31 bits per heavy atom. The highest BCUT2D eigenvalue weighted by Gasteiger charge is 2.40. The molecule has 11 heteroatoms. The average molecular weight is 551 g/mol. The van der Waals surface area contributed by atoms with Crippen LogP contribution in [0.15, 0.2) is 67.4 Å². The molecular formula is C28H34N4O6Si. The van der Waals surface area contributed by atoms with E-state index in [4.69, 9.17) is 18.9 Å². The van der Waals surface area contributed by atoms with Crippen LogP contribution in [0.5, 0.6) is 0 Å². The molecule has 10 nitrogen and oxygen atoms in total. The largest absolute Gasteiger partial charge is 0.495 e. The molecule has 1 aromatic heterocycles. The molecule has 0 saturated heterocycles. The van der Waals surface area contributed by atoms with E-state index in [9.17, 15) is 14.7 Å². The minimum Gasteiger partial charge on any atom is -0.495 e. The van der Waals surface area contributed by atoms with Crippen molar-refractivity contribution in [2.24, 2.45) is 10.9 Å². The van der Waals surface area contributed by atoms with Gasteiger partial charge in [0.2, 0.25) is 0 Å². The number of hydrogen-bond acceptors (Lipinski definition) is 8. The van der Waals surface area contributed by atoms with Gasteiger partial charge in [-0.05, 0) is 55.0 Å². The van der Waals surface area contributed by atoms with Gasteiger partial charge in [0.05, 0.1) is 16.9 Å². The van der Waals surface area contributed by atoms with Gasteiger partial charge in [-0.15, -0.1) is 0 Å². The van der Waals surface area contributed by atoms with Crippen LogP contribution in [-0.4, -0.2) is 60.3 Å². The third-order valence-corrected chi connectivity index (χ3v) is 9.33. The van der Waals surface area contributed by atoms with Crippen molar-refractivity contribution in [1.82, 2.24) is 14.8 Å². The molecule has 2 N–H and O–H groups in total. The molecule has 1 unspecified atom stereocenters. The number of nitrogens with one attached hydrogen (secondary N) is 1. The van der Waals surface area contributed by atoms with Crippen LogP contribution >= 0.6 is 0 Å². The number of aliphatic carboxylic acids is 1. The third-order valence-electron chi connectivity index (χ3n) is 7.63. The molecule has 0 bridgehead atoms. The number of carboxylic acids is 1. The molecule has 206 valence electrons. The lowest BCUT2D eigenvalue weighted by Crippen LogP contribution is -2.40. The summed E-state index contributed by atoms with van der Waals surface area (Å²) >= 11 is 0. The molecule has 39 heavy (non-hydrogen) atoms. The maximum Gasteiger partial charge on any atom is 0.421 e. The average Bonchev–Trinajstić information content (AvgIpc) is 3.59. The number of aromatic nitrogens is 1. The number of hydrogen-bond donors (Lipinski definition) is 2. The number of aliphatic imine (C=N–C) groups is 1. The number of oxazole rings is 1. The van der Waals surface area contributed by atoms with Crippen molar-refractivity contribution in [3.8, 4) is 0 Å². The summed E-state index contributed by atoms with van der Waals surface area (Å²) in [6.07, 6.45) is 6.05. The van der Waals surface area contributed by atoms with Crippen molar-refractivity contribution in [3.63, 3.8) is 0 Å². The zero-order valence-corrected chi connectivity index (χ0v) is 23.5. The fraction of sp³-hybridized carbons (Fsp3) is 0.464. The Morgan fingerprint density at radius 2 is 2.13 bits per heavy atom. The van der Waals surface area contributed by atoms with Crippen LogP contribution in [0.3, 0.4) is 0 Å². The van der Waals surface area contributed by atoms with Crippen LogP contribution in [0.2, 0.25) is 25.7 Å². The highest BCUT2D eigenvalue weighted by molar-refractivity contribution is 6.76. The number of carbonyl (C=O) groups is 1. The first-order chi connectivity index (χ1) is 18.7. The third kappa shape index (κ3) is 5.08.